The fourth-order valence-corrected chi connectivity index (χ4v) is 4.56. The van der Waals surface area contributed by atoms with Crippen molar-refractivity contribution in [2.45, 2.75) is 11.3 Å². The van der Waals surface area contributed by atoms with Crippen LogP contribution in [0.15, 0.2) is 53.6 Å². The van der Waals surface area contributed by atoms with E-state index in [1.165, 1.54) is 43.6 Å². The molecule has 1 amide bonds. The van der Waals surface area contributed by atoms with Gasteiger partial charge in [0, 0.05) is 36.6 Å². The maximum atomic E-state index is 12.6. The Morgan fingerprint density at radius 1 is 1.14 bits per heavy atom. The van der Waals surface area contributed by atoms with Crippen LogP contribution in [-0.2, 0) is 16.4 Å². The quantitative estimate of drug-likeness (QED) is 0.574. The molecule has 3 aromatic rings. The summed E-state index contributed by atoms with van der Waals surface area (Å²) < 4.78 is 25.7. The summed E-state index contributed by atoms with van der Waals surface area (Å²) >= 11 is 13.3. The van der Waals surface area contributed by atoms with Crippen molar-refractivity contribution in [3.8, 4) is 0 Å². The van der Waals surface area contributed by atoms with Crippen LogP contribution in [-0.4, -0.2) is 37.7 Å². The molecule has 0 aliphatic heterocycles. The van der Waals surface area contributed by atoms with Crippen molar-refractivity contribution < 1.29 is 13.2 Å². The Labute approximate surface area is 183 Å². The predicted molar refractivity (Wildman–Crippen MR) is 117 cm³/mol. The number of nitrogens with zero attached hydrogens (tertiary/aromatic N) is 2. The number of benzene rings is 2. The Balaban J connectivity index is 1.77. The number of carbonyl (C=O) groups excluding carboxylic acids is 1. The van der Waals surface area contributed by atoms with Crippen LogP contribution in [0.5, 0.6) is 0 Å². The Morgan fingerprint density at radius 3 is 2.48 bits per heavy atom. The first-order chi connectivity index (χ1) is 13.7. The van der Waals surface area contributed by atoms with E-state index in [9.17, 15) is 13.2 Å². The molecule has 0 atom stereocenters. The molecule has 0 bridgehead atoms. The van der Waals surface area contributed by atoms with E-state index in [4.69, 9.17) is 23.2 Å². The fraction of sp³-hybridized carbons (Fsp3) is 0.158. The first-order valence-corrected chi connectivity index (χ1v) is 11.4. The first kappa shape index (κ1) is 21.7. The molecular weight excluding hydrogens is 453 g/mol. The number of amides is 1. The Bertz CT molecular complexity index is 1140. The average molecular weight is 470 g/mol. The van der Waals surface area contributed by atoms with E-state index in [1.807, 2.05) is 24.3 Å². The van der Waals surface area contributed by atoms with Crippen molar-refractivity contribution in [3.63, 3.8) is 0 Å². The highest BCUT2D eigenvalue weighted by Gasteiger charge is 2.21. The molecule has 152 valence electrons. The molecule has 1 aromatic heterocycles. The van der Waals surface area contributed by atoms with Gasteiger partial charge in [-0.05, 0) is 35.9 Å². The molecule has 10 heteroatoms. The van der Waals surface area contributed by atoms with Crippen LogP contribution < -0.4 is 5.32 Å². The van der Waals surface area contributed by atoms with Gasteiger partial charge in [-0.15, -0.1) is 11.3 Å². The molecule has 0 spiro atoms. The molecule has 0 saturated heterocycles. The number of hydrogen-bond acceptors (Lipinski definition) is 5. The Morgan fingerprint density at radius 2 is 1.83 bits per heavy atom. The lowest BCUT2D eigenvalue weighted by atomic mass is 10.1. The highest BCUT2D eigenvalue weighted by atomic mass is 35.5. The monoisotopic (exact) mass is 469 g/mol. The lowest BCUT2D eigenvalue weighted by Gasteiger charge is -2.13. The molecule has 0 unspecified atom stereocenters. The molecule has 2 aromatic carbocycles. The summed E-state index contributed by atoms with van der Waals surface area (Å²) in [6.07, 6.45) is 2.34. The van der Waals surface area contributed by atoms with Crippen molar-refractivity contribution in [1.29, 1.82) is 0 Å². The second kappa shape index (κ2) is 8.81. The smallest absolute Gasteiger partial charge is 0.259 e. The first-order valence-electron chi connectivity index (χ1n) is 8.39. The van der Waals surface area contributed by atoms with Crippen LogP contribution >= 0.6 is 34.5 Å². The van der Waals surface area contributed by atoms with E-state index in [1.54, 1.807) is 6.20 Å². The van der Waals surface area contributed by atoms with Gasteiger partial charge in [-0.3, -0.25) is 10.1 Å². The van der Waals surface area contributed by atoms with Gasteiger partial charge in [0.05, 0.1) is 15.5 Å². The minimum atomic E-state index is -3.68. The van der Waals surface area contributed by atoms with Gasteiger partial charge in [-0.1, -0.05) is 35.3 Å². The third kappa shape index (κ3) is 5.15. The van der Waals surface area contributed by atoms with Gasteiger partial charge < -0.3 is 0 Å². The fourth-order valence-electron chi connectivity index (χ4n) is 2.46. The molecule has 0 fully saturated rings. The minimum absolute atomic E-state index is 0.0142. The summed E-state index contributed by atoms with van der Waals surface area (Å²) in [6, 6.07) is 11.5. The van der Waals surface area contributed by atoms with Crippen molar-refractivity contribution in [2.75, 3.05) is 19.4 Å². The number of anilines is 1. The predicted octanol–water partition coefficient (Wildman–Crippen LogP) is 4.54. The van der Waals surface area contributed by atoms with E-state index in [2.05, 4.69) is 10.3 Å². The highest BCUT2D eigenvalue weighted by molar-refractivity contribution is 7.89. The topological polar surface area (TPSA) is 79.4 Å². The molecule has 0 aliphatic rings. The zero-order valence-corrected chi connectivity index (χ0v) is 18.7. The lowest BCUT2D eigenvalue weighted by Crippen LogP contribution is -2.23. The maximum Gasteiger partial charge on any atom is 0.259 e. The summed E-state index contributed by atoms with van der Waals surface area (Å²) in [5.41, 5.74) is 1.13. The number of hydrogen-bond donors (Lipinski definition) is 1. The van der Waals surface area contributed by atoms with Crippen LogP contribution in [0.3, 0.4) is 0 Å². The highest BCUT2D eigenvalue weighted by Crippen LogP contribution is 2.26. The number of rotatable bonds is 6. The molecule has 6 nitrogen and oxygen atoms in total. The maximum absolute atomic E-state index is 12.6. The van der Waals surface area contributed by atoms with E-state index in [0.29, 0.717) is 16.6 Å². The summed E-state index contributed by atoms with van der Waals surface area (Å²) in [7, 11) is -0.848. The van der Waals surface area contributed by atoms with Crippen LogP contribution in [0.2, 0.25) is 10.0 Å². The van der Waals surface area contributed by atoms with Gasteiger partial charge in [-0.2, -0.15) is 0 Å². The summed E-state index contributed by atoms with van der Waals surface area (Å²) in [4.78, 5) is 17.8. The lowest BCUT2D eigenvalue weighted by molar-refractivity contribution is 0.102. The van der Waals surface area contributed by atoms with Crippen LogP contribution in [0.25, 0.3) is 0 Å². The number of sulfonamides is 1. The molecule has 0 radical (unpaired) electrons. The van der Waals surface area contributed by atoms with Crippen LogP contribution in [0.4, 0.5) is 5.13 Å². The third-order valence-corrected chi connectivity index (χ3v) is 7.33. The van der Waals surface area contributed by atoms with Gasteiger partial charge in [0.1, 0.15) is 0 Å². The number of carbonyl (C=O) groups is 1. The summed E-state index contributed by atoms with van der Waals surface area (Å²) in [5.74, 6) is -0.529. The molecule has 0 aliphatic carbocycles. The number of halogens is 2. The molecule has 3 rings (SSSR count). The normalized spacial score (nSPS) is 11.6. The second-order valence-electron chi connectivity index (χ2n) is 6.32. The van der Waals surface area contributed by atoms with Crippen molar-refractivity contribution >= 4 is 55.6 Å². The minimum Gasteiger partial charge on any atom is -0.298 e. The zero-order chi connectivity index (χ0) is 21.2. The molecule has 1 heterocycles. The SMILES string of the molecule is CN(C)S(=O)(=O)c1ccc(Cl)c(C(=O)Nc2ncc(Cc3ccc(Cl)cc3)s2)c1. The van der Waals surface area contributed by atoms with E-state index < -0.39 is 15.9 Å². The number of nitrogens with one attached hydrogen (secondary N) is 1. The Hall–Kier alpha value is -1.97. The van der Waals surface area contributed by atoms with Crippen LogP contribution in [0, 0.1) is 0 Å². The van der Waals surface area contributed by atoms with E-state index >= 15 is 0 Å². The van der Waals surface area contributed by atoms with Crippen molar-refractivity contribution in [3.05, 3.63) is 74.7 Å². The largest absolute Gasteiger partial charge is 0.298 e. The third-order valence-electron chi connectivity index (χ3n) is 4.03. The van der Waals surface area contributed by atoms with Crippen molar-refractivity contribution in [1.82, 2.24) is 9.29 Å². The number of thiazole rings is 1. The van der Waals surface area contributed by atoms with Gasteiger partial charge in [-0.25, -0.2) is 17.7 Å². The molecule has 0 saturated carbocycles. The standard InChI is InChI=1S/C19H17Cl2N3O3S2/c1-24(2)29(26,27)15-7-8-17(21)16(10-15)18(25)23-19-22-11-14(28-19)9-12-3-5-13(20)6-4-12/h3-8,10-11H,9H2,1-2H3,(H,22,23,25). The number of aromatic nitrogens is 1. The summed E-state index contributed by atoms with van der Waals surface area (Å²) in [6.45, 7) is 0. The zero-order valence-electron chi connectivity index (χ0n) is 15.5. The second-order valence-corrected chi connectivity index (χ2v) is 10.4. The molecular formula is C19H17Cl2N3O3S2. The van der Waals surface area contributed by atoms with Crippen LogP contribution in [0.1, 0.15) is 20.8 Å². The average Bonchev–Trinajstić information content (AvgIpc) is 3.10. The van der Waals surface area contributed by atoms with E-state index in [0.717, 1.165) is 14.7 Å². The van der Waals surface area contributed by atoms with Crippen molar-refractivity contribution in [2.24, 2.45) is 0 Å². The Kier molecular flexibility index (Phi) is 6.60. The van der Waals surface area contributed by atoms with Gasteiger partial charge in [0.15, 0.2) is 5.13 Å². The van der Waals surface area contributed by atoms with Gasteiger partial charge in [0.2, 0.25) is 10.0 Å². The molecule has 29 heavy (non-hydrogen) atoms. The summed E-state index contributed by atoms with van der Waals surface area (Å²) in [5, 5.41) is 3.89. The van der Waals surface area contributed by atoms with E-state index in [-0.39, 0.29) is 15.5 Å². The van der Waals surface area contributed by atoms with Gasteiger partial charge >= 0.3 is 0 Å². The van der Waals surface area contributed by atoms with Gasteiger partial charge in [0.25, 0.3) is 5.91 Å². The molecule has 1 N–H and O–H groups in total.